The molecule has 0 aromatic carbocycles. The Kier molecular flexibility index (Phi) is 6.54. The Labute approximate surface area is 193 Å². The number of hydrogen-bond acceptors (Lipinski definition) is 6. The molecule has 3 aromatic heterocycles. The van der Waals surface area contributed by atoms with Crippen molar-refractivity contribution in [3.8, 4) is 11.3 Å². The predicted molar refractivity (Wildman–Crippen MR) is 125 cm³/mol. The summed E-state index contributed by atoms with van der Waals surface area (Å²) in [5.74, 6) is 0.798. The largest absolute Gasteiger partial charge is 0.466 e. The molecule has 1 saturated heterocycles. The quantitative estimate of drug-likeness (QED) is 0.497. The lowest BCUT2D eigenvalue weighted by molar-refractivity contribution is -0.138. The van der Waals surface area contributed by atoms with Gasteiger partial charge in [-0.1, -0.05) is 6.92 Å². The highest BCUT2D eigenvalue weighted by Gasteiger charge is 2.27. The lowest BCUT2D eigenvalue weighted by atomic mass is 10.00. The van der Waals surface area contributed by atoms with Crippen LogP contribution >= 0.6 is 0 Å². The monoisotopic (exact) mass is 452 g/mol. The van der Waals surface area contributed by atoms with Crippen LogP contribution in [0.2, 0.25) is 0 Å². The first kappa shape index (κ1) is 23.0. The molecule has 33 heavy (non-hydrogen) atoms. The van der Waals surface area contributed by atoms with E-state index in [0.717, 1.165) is 49.3 Å². The molecular formula is C25H32N4O4. The number of carbonyl (C=O) groups is 2. The maximum absolute atomic E-state index is 13.2. The lowest BCUT2D eigenvalue weighted by Gasteiger charge is -2.35. The molecule has 0 radical (unpaired) electrons. The molecule has 1 aliphatic rings. The highest BCUT2D eigenvalue weighted by Crippen LogP contribution is 2.30. The van der Waals surface area contributed by atoms with Crippen LogP contribution in [0.5, 0.6) is 0 Å². The molecule has 8 nitrogen and oxygen atoms in total. The molecule has 0 N–H and O–H groups in total. The van der Waals surface area contributed by atoms with E-state index >= 15 is 0 Å². The maximum atomic E-state index is 13.2. The summed E-state index contributed by atoms with van der Waals surface area (Å²) in [5.41, 5.74) is 2.37. The van der Waals surface area contributed by atoms with E-state index in [0.29, 0.717) is 22.3 Å². The number of nitrogens with zero attached hydrogens (tertiary/aromatic N) is 4. The van der Waals surface area contributed by atoms with E-state index in [4.69, 9.17) is 14.1 Å². The Balaban J connectivity index is 1.65. The van der Waals surface area contributed by atoms with Crippen molar-refractivity contribution in [1.82, 2.24) is 19.7 Å². The van der Waals surface area contributed by atoms with Gasteiger partial charge in [-0.15, -0.1) is 0 Å². The molecule has 1 fully saturated rings. The van der Waals surface area contributed by atoms with Gasteiger partial charge in [0.1, 0.15) is 11.5 Å². The van der Waals surface area contributed by atoms with Crippen molar-refractivity contribution in [1.29, 1.82) is 0 Å². The third kappa shape index (κ3) is 4.51. The zero-order chi connectivity index (χ0) is 23.7. The number of carbonyl (C=O) groups excluding carboxylic acids is 2. The van der Waals surface area contributed by atoms with Crippen molar-refractivity contribution >= 4 is 22.9 Å². The topological polar surface area (TPSA) is 90.5 Å². The number of likely N-dealkylation sites (tertiary alicyclic amines) is 1. The molecule has 0 spiro atoms. The van der Waals surface area contributed by atoms with Crippen LogP contribution in [-0.4, -0.2) is 50.7 Å². The Morgan fingerprint density at radius 1 is 1.24 bits per heavy atom. The fourth-order valence-electron chi connectivity index (χ4n) is 4.63. The first-order valence-electron chi connectivity index (χ1n) is 11.7. The number of pyridine rings is 1. The van der Waals surface area contributed by atoms with Crippen LogP contribution < -0.4 is 0 Å². The van der Waals surface area contributed by atoms with Crippen molar-refractivity contribution in [3.63, 3.8) is 0 Å². The minimum Gasteiger partial charge on any atom is -0.466 e. The van der Waals surface area contributed by atoms with Crippen molar-refractivity contribution in [2.24, 2.45) is 0 Å². The molecule has 176 valence electrons. The average molecular weight is 453 g/mol. The Morgan fingerprint density at radius 3 is 2.70 bits per heavy atom. The predicted octanol–water partition coefficient (Wildman–Crippen LogP) is 4.84. The van der Waals surface area contributed by atoms with Crippen LogP contribution in [0.1, 0.15) is 74.4 Å². The number of hydrogen-bond donors (Lipinski definition) is 0. The smallest absolute Gasteiger partial charge is 0.339 e. The van der Waals surface area contributed by atoms with Crippen LogP contribution in [-0.2, 0) is 9.53 Å². The molecule has 1 aliphatic heterocycles. The Bertz CT molecular complexity index is 1180. The Morgan fingerprint density at radius 2 is 2.03 bits per heavy atom. The van der Waals surface area contributed by atoms with Crippen molar-refractivity contribution in [3.05, 3.63) is 35.4 Å². The lowest BCUT2D eigenvalue weighted by Crippen LogP contribution is -2.45. The van der Waals surface area contributed by atoms with Gasteiger partial charge >= 0.3 is 5.97 Å². The van der Waals surface area contributed by atoms with Gasteiger partial charge < -0.3 is 14.1 Å². The Hall–Kier alpha value is -3.16. The highest BCUT2D eigenvalue weighted by atomic mass is 16.5. The highest BCUT2D eigenvalue weighted by molar-refractivity contribution is 6.04. The standard InChI is InChI=1S/C25H32N4O4/c1-6-18-9-7-8-10-28(18)23(30)14-32-25(31)20-12-22(19-11-16(4)33-17(19)5)27-24-21(20)13-26-29(24)15(2)3/h11-13,15,18H,6-10,14H2,1-5H3. The van der Waals surface area contributed by atoms with Crippen LogP contribution in [0.25, 0.3) is 22.3 Å². The number of aromatic nitrogens is 3. The van der Waals surface area contributed by atoms with Gasteiger partial charge in [0.2, 0.25) is 0 Å². The molecule has 0 aliphatic carbocycles. The summed E-state index contributed by atoms with van der Waals surface area (Å²) >= 11 is 0. The first-order valence-corrected chi connectivity index (χ1v) is 11.7. The van der Waals surface area contributed by atoms with E-state index < -0.39 is 5.97 Å². The maximum Gasteiger partial charge on any atom is 0.339 e. The summed E-state index contributed by atoms with van der Waals surface area (Å²) in [5, 5.41) is 5.04. The molecule has 8 heteroatoms. The summed E-state index contributed by atoms with van der Waals surface area (Å²) in [6.45, 7) is 10.3. The molecule has 0 saturated carbocycles. The molecule has 1 atom stereocenters. The molecule has 3 aromatic rings. The SMILES string of the molecule is CCC1CCCCN1C(=O)COC(=O)c1cc(-c2cc(C)oc2C)nc2c1cnn2C(C)C. The number of ether oxygens (including phenoxy) is 1. The van der Waals surface area contributed by atoms with Crippen LogP contribution in [0.15, 0.2) is 22.7 Å². The van der Waals surface area contributed by atoms with Gasteiger partial charge in [-0.05, 0) is 65.5 Å². The molecule has 1 amide bonds. The molecule has 0 bridgehead atoms. The number of furan rings is 1. The summed E-state index contributed by atoms with van der Waals surface area (Å²) in [4.78, 5) is 32.6. The molecule has 4 heterocycles. The van der Waals surface area contributed by atoms with E-state index in [-0.39, 0.29) is 24.6 Å². The normalized spacial score (nSPS) is 16.5. The van der Waals surface area contributed by atoms with Gasteiger partial charge in [0.05, 0.1) is 22.8 Å². The number of piperidine rings is 1. The van der Waals surface area contributed by atoms with Gasteiger partial charge in [-0.3, -0.25) is 4.79 Å². The zero-order valence-electron chi connectivity index (χ0n) is 20.1. The third-order valence-corrected chi connectivity index (χ3v) is 6.34. The fraction of sp³-hybridized carbons (Fsp3) is 0.520. The zero-order valence-corrected chi connectivity index (χ0v) is 20.1. The second kappa shape index (κ2) is 9.37. The number of aryl methyl sites for hydroxylation is 2. The number of esters is 1. The van der Waals surface area contributed by atoms with E-state index in [1.807, 2.05) is 38.7 Å². The van der Waals surface area contributed by atoms with Gasteiger partial charge in [0.15, 0.2) is 12.3 Å². The number of fused-ring (bicyclic) bond motifs is 1. The number of rotatable bonds is 6. The fourth-order valence-corrected chi connectivity index (χ4v) is 4.63. The summed E-state index contributed by atoms with van der Waals surface area (Å²) in [7, 11) is 0. The summed E-state index contributed by atoms with van der Waals surface area (Å²) < 4.78 is 13.0. The summed E-state index contributed by atoms with van der Waals surface area (Å²) in [6.07, 6.45) is 5.67. The van der Waals surface area contributed by atoms with E-state index in [1.54, 1.807) is 16.9 Å². The first-order chi connectivity index (χ1) is 15.8. The van der Waals surface area contributed by atoms with Gasteiger partial charge in [-0.25, -0.2) is 14.5 Å². The van der Waals surface area contributed by atoms with Gasteiger partial charge in [-0.2, -0.15) is 5.10 Å². The van der Waals surface area contributed by atoms with E-state index in [9.17, 15) is 9.59 Å². The van der Waals surface area contributed by atoms with Crippen LogP contribution in [0.4, 0.5) is 0 Å². The molecule has 4 rings (SSSR count). The van der Waals surface area contributed by atoms with Crippen molar-refractivity contribution in [2.45, 2.75) is 72.4 Å². The third-order valence-electron chi connectivity index (χ3n) is 6.34. The van der Waals surface area contributed by atoms with Crippen LogP contribution in [0.3, 0.4) is 0 Å². The van der Waals surface area contributed by atoms with E-state index in [2.05, 4.69) is 12.0 Å². The average Bonchev–Trinajstić information content (AvgIpc) is 3.38. The molecule has 1 unspecified atom stereocenters. The van der Waals surface area contributed by atoms with Gasteiger partial charge in [0, 0.05) is 24.2 Å². The van der Waals surface area contributed by atoms with Crippen LogP contribution in [0, 0.1) is 13.8 Å². The number of amides is 1. The van der Waals surface area contributed by atoms with Crippen molar-refractivity contribution in [2.75, 3.05) is 13.2 Å². The second-order valence-electron chi connectivity index (χ2n) is 9.02. The van der Waals surface area contributed by atoms with E-state index in [1.165, 1.54) is 0 Å². The summed E-state index contributed by atoms with van der Waals surface area (Å²) in [6, 6.07) is 3.89. The minimum atomic E-state index is -0.553. The van der Waals surface area contributed by atoms with Gasteiger partial charge in [0.25, 0.3) is 5.91 Å². The second-order valence-corrected chi connectivity index (χ2v) is 9.02. The minimum absolute atomic E-state index is 0.0629. The van der Waals surface area contributed by atoms with Crippen molar-refractivity contribution < 1.29 is 18.7 Å². The molecular weight excluding hydrogens is 420 g/mol.